The molecule has 0 aliphatic heterocycles. The molecule has 0 aliphatic rings. The van der Waals surface area contributed by atoms with Crippen molar-refractivity contribution >= 4 is 35.9 Å². The lowest BCUT2D eigenvalue weighted by Gasteiger charge is -2.17. The average molecular weight is 480 g/mol. The number of benzene rings is 2. The summed E-state index contributed by atoms with van der Waals surface area (Å²) in [5.74, 6) is -0.141. The van der Waals surface area contributed by atoms with Crippen molar-refractivity contribution in [2.75, 3.05) is 20.8 Å². The quantitative estimate of drug-likeness (QED) is 0.220. The number of para-hydroxylation sites is 1. The smallest absolute Gasteiger partial charge is 0.360 e. The summed E-state index contributed by atoms with van der Waals surface area (Å²) in [6.07, 6.45) is 0. The Labute approximate surface area is 191 Å². The van der Waals surface area contributed by atoms with Gasteiger partial charge in [0.25, 0.3) is 0 Å². The van der Waals surface area contributed by atoms with Crippen molar-refractivity contribution in [1.29, 1.82) is 0 Å². The van der Waals surface area contributed by atoms with Crippen molar-refractivity contribution in [3.63, 3.8) is 0 Å². The lowest BCUT2D eigenvalue weighted by Crippen LogP contribution is -2.20. The predicted octanol–water partition coefficient (Wildman–Crippen LogP) is 4.21. The van der Waals surface area contributed by atoms with Gasteiger partial charge in [-0.05, 0) is 31.5 Å². The van der Waals surface area contributed by atoms with Gasteiger partial charge >= 0.3 is 5.97 Å². The highest BCUT2D eigenvalue weighted by Gasteiger charge is 2.21. The monoisotopic (exact) mass is 480 g/mol. The van der Waals surface area contributed by atoms with Crippen LogP contribution < -0.4 is 4.74 Å². The number of rotatable bonds is 10. The topological polar surface area (TPSA) is 78.7 Å². The van der Waals surface area contributed by atoms with E-state index in [9.17, 15) is 9.18 Å². The summed E-state index contributed by atoms with van der Waals surface area (Å²) in [6.45, 7) is 3.57. The zero-order chi connectivity index (χ0) is 23.7. The minimum atomic E-state index is -1.63. The number of halogens is 1. The summed E-state index contributed by atoms with van der Waals surface area (Å²) in [7, 11) is 6.76. The van der Waals surface area contributed by atoms with Gasteiger partial charge in [-0.1, -0.05) is 59.1 Å². The molecule has 0 bridgehead atoms. The highest BCUT2D eigenvalue weighted by atomic mass is 31.1. The normalized spacial score (nSPS) is 12.3. The molecule has 0 saturated carbocycles. The summed E-state index contributed by atoms with van der Waals surface area (Å²) in [5, 5.41) is 6.37. The van der Waals surface area contributed by atoms with E-state index in [-0.39, 0.29) is 18.9 Å². The maximum atomic E-state index is 13.8. The van der Waals surface area contributed by atoms with Gasteiger partial charge in [0.2, 0.25) is 0 Å². The molecular formula is C22H27FN2O5P2. The Bertz CT molecular complexity index is 1010. The van der Waals surface area contributed by atoms with Gasteiger partial charge in [0.15, 0.2) is 10.9 Å². The van der Waals surface area contributed by atoms with Gasteiger partial charge in [0.1, 0.15) is 26.1 Å². The van der Waals surface area contributed by atoms with E-state index in [4.69, 9.17) is 19.1 Å². The van der Waals surface area contributed by atoms with E-state index in [2.05, 4.69) is 28.8 Å². The molecule has 0 heterocycles. The minimum absolute atomic E-state index is 0.0290. The molecular weight excluding hydrogens is 453 g/mol. The number of alkyl halides is 1. The zero-order valence-corrected chi connectivity index (χ0v) is 20.7. The second-order valence-electron chi connectivity index (χ2n) is 6.88. The fraction of sp³-hybridized carbons (Fsp3) is 0.318. The first-order valence-corrected chi connectivity index (χ1v) is 10.8. The number of hydrogen-bond donors (Lipinski definition) is 0. The molecule has 2 aromatic rings. The highest BCUT2D eigenvalue weighted by molar-refractivity contribution is 7.39. The van der Waals surface area contributed by atoms with E-state index in [0.29, 0.717) is 28.2 Å². The number of hydrogen-bond acceptors (Lipinski definition) is 7. The van der Waals surface area contributed by atoms with E-state index in [1.165, 1.54) is 14.2 Å². The van der Waals surface area contributed by atoms with E-state index >= 15 is 0 Å². The molecule has 2 rings (SSSR count). The van der Waals surface area contributed by atoms with Gasteiger partial charge in [-0.15, -0.1) is 0 Å². The predicted molar refractivity (Wildman–Crippen MR) is 129 cm³/mol. The SMILES string of the molecule is CO/N=C(/C(=O)OC)c1cccc(C)c1CO/N=C(\C)c1ccccc1OCC(F)(P)P. The molecule has 10 heteroatoms. The third kappa shape index (κ3) is 7.25. The zero-order valence-electron chi connectivity index (χ0n) is 18.4. The van der Waals surface area contributed by atoms with Crippen LogP contribution in [0.5, 0.6) is 5.75 Å². The lowest BCUT2D eigenvalue weighted by molar-refractivity contribution is -0.132. The van der Waals surface area contributed by atoms with Crippen LogP contribution >= 0.6 is 18.5 Å². The fourth-order valence-corrected chi connectivity index (χ4v) is 2.99. The second kappa shape index (κ2) is 11.9. The number of oxime groups is 2. The molecule has 0 saturated heterocycles. The summed E-state index contributed by atoms with van der Waals surface area (Å²) in [6, 6.07) is 12.6. The van der Waals surface area contributed by atoms with E-state index in [1.54, 1.807) is 31.2 Å². The van der Waals surface area contributed by atoms with E-state index < -0.39 is 11.1 Å². The third-order valence-corrected chi connectivity index (χ3v) is 4.70. The molecule has 0 spiro atoms. The molecule has 0 radical (unpaired) electrons. The molecule has 0 aromatic heterocycles. The van der Waals surface area contributed by atoms with Crippen molar-refractivity contribution in [3.8, 4) is 5.75 Å². The number of carbonyl (C=O) groups is 1. The van der Waals surface area contributed by atoms with Crippen molar-refractivity contribution in [2.24, 2.45) is 10.3 Å². The van der Waals surface area contributed by atoms with Gasteiger partial charge < -0.3 is 19.1 Å². The van der Waals surface area contributed by atoms with Gasteiger partial charge in [-0.25, -0.2) is 9.18 Å². The molecule has 2 aromatic carbocycles. The van der Waals surface area contributed by atoms with Gasteiger partial charge in [0.05, 0.1) is 12.8 Å². The summed E-state index contributed by atoms with van der Waals surface area (Å²) >= 11 is 0. The molecule has 7 nitrogen and oxygen atoms in total. The van der Waals surface area contributed by atoms with Crippen molar-refractivity contribution < 1.29 is 28.3 Å². The number of nitrogens with zero attached hydrogens (tertiary/aromatic N) is 2. The second-order valence-corrected chi connectivity index (χ2v) is 9.46. The Hall–Kier alpha value is -2.56. The third-order valence-electron chi connectivity index (χ3n) is 4.36. The van der Waals surface area contributed by atoms with Crippen molar-refractivity contribution in [1.82, 2.24) is 0 Å². The summed E-state index contributed by atoms with van der Waals surface area (Å²) in [4.78, 5) is 22.6. The molecule has 0 aliphatic carbocycles. The van der Waals surface area contributed by atoms with Gasteiger partial charge in [-0.2, -0.15) is 0 Å². The number of carbonyl (C=O) groups excluding carboxylic acids is 1. The van der Waals surface area contributed by atoms with Gasteiger partial charge in [0, 0.05) is 16.7 Å². The van der Waals surface area contributed by atoms with E-state index in [0.717, 1.165) is 5.56 Å². The number of ether oxygens (including phenoxy) is 2. The molecule has 2 unspecified atom stereocenters. The molecule has 172 valence electrons. The highest BCUT2D eigenvalue weighted by Crippen LogP contribution is 2.30. The Balaban J connectivity index is 2.26. The van der Waals surface area contributed by atoms with Crippen LogP contribution in [0.1, 0.15) is 29.2 Å². The standard InChI is InChI=1S/C22H27FN2O5P2/c1-14-8-7-10-17(20(25-28-4)21(26)27-3)18(14)12-30-24-15(2)16-9-5-6-11-19(16)29-13-22(23,31)32/h5-11H,12-13,31-32H2,1-4H3/b24-15+,25-20+. The minimum Gasteiger partial charge on any atom is -0.489 e. The lowest BCUT2D eigenvalue weighted by atomic mass is 9.99. The molecule has 2 atom stereocenters. The Kier molecular flexibility index (Phi) is 9.55. The van der Waals surface area contributed by atoms with Crippen LogP contribution in [0.3, 0.4) is 0 Å². The summed E-state index contributed by atoms with van der Waals surface area (Å²) < 4.78 is 24.2. The van der Waals surface area contributed by atoms with Crippen molar-refractivity contribution in [2.45, 2.75) is 25.6 Å². The molecule has 32 heavy (non-hydrogen) atoms. The van der Waals surface area contributed by atoms with Crippen LogP contribution in [0.2, 0.25) is 0 Å². The van der Waals surface area contributed by atoms with Crippen LogP contribution in [-0.4, -0.2) is 43.4 Å². The first-order valence-electron chi connectivity index (χ1n) is 9.61. The number of methoxy groups -OCH3 is 1. The number of esters is 1. The van der Waals surface area contributed by atoms with Crippen LogP contribution in [0.15, 0.2) is 52.8 Å². The first kappa shape index (κ1) is 25.7. The van der Waals surface area contributed by atoms with Crippen LogP contribution in [0.25, 0.3) is 0 Å². The molecule has 0 amide bonds. The number of aryl methyl sites for hydroxylation is 1. The summed E-state index contributed by atoms with van der Waals surface area (Å²) in [5.41, 5.74) is 3.37. The van der Waals surface area contributed by atoms with Crippen LogP contribution in [-0.2, 0) is 25.8 Å². The first-order chi connectivity index (χ1) is 15.2. The van der Waals surface area contributed by atoms with Crippen LogP contribution in [0, 0.1) is 6.92 Å². The molecule has 0 N–H and O–H groups in total. The van der Waals surface area contributed by atoms with E-state index in [1.807, 2.05) is 25.1 Å². The Morgan fingerprint density at radius 3 is 2.41 bits per heavy atom. The largest absolute Gasteiger partial charge is 0.489 e. The Morgan fingerprint density at radius 2 is 1.75 bits per heavy atom. The maximum Gasteiger partial charge on any atom is 0.360 e. The molecule has 0 fully saturated rings. The van der Waals surface area contributed by atoms with Crippen LogP contribution in [0.4, 0.5) is 4.39 Å². The average Bonchev–Trinajstić information content (AvgIpc) is 2.76. The fourth-order valence-electron chi connectivity index (χ4n) is 2.82. The Morgan fingerprint density at radius 1 is 1.06 bits per heavy atom. The maximum absolute atomic E-state index is 13.8. The van der Waals surface area contributed by atoms with Gasteiger partial charge in [-0.3, -0.25) is 0 Å². The van der Waals surface area contributed by atoms with Crippen molar-refractivity contribution in [3.05, 3.63) is 64.7 Å².